The molecule has 0 unspecified atom stereocenters. The van der Waals surface area contributed by atoms with Gasteiger partial charge in [0.1, 0.15) is 0 Å². The molecule has 1 aromatic rings. The molecule has 92 valence electrons. The predicted molar refractivity (Wildman–Crippen MR) is 72.6 cm³/mol. The van der Waals surface area contributed by atoms with E-state index >= 15 is 0 Å². The summed E-state index contributed by atoms with van der Waals surface area (Å²) in [6.45, 7) is 4.85. The highest BCUT2D eigenvalue weighted by atomic mass is 35.5. The molecule has 0 atom stereocenters. The van der Waals surface area contributed by atoms with Crippen LogP contribution in [0.2, 0.25) is 5.02 Å². The van der Waals surface area contributed by atoms with Gasteiger partial charge in [-0.05, 0) is 24.3 Å². The Kier molecular flexibility index (Phi) is 5.04. The lowest BCUT2D eigenvalue weighted by molar-refractivity contribution is -0.124. The molecule has 3 nitrogen and oxygen atoms in total. The number of rotatable bonds is 5. The van der Waals surface area contributed by atoms with E-state index in [-0.39, 0.29) is 5.91 Å². The third-order valence-electron chi connectivity index (χ3n) is 2.57. The molecule has 1 rings (SSSR count). The molecule has 0 bridgehead atoms. The van der Waals surface area contributed by atoms with Crippen molar-refractivity contribution in [2.75, 3.05) is 32.1 Å². The Balaban J connectivity index is 2.52. The molecule has 0 saturated carbocycles. The quantitative estimate of drug-likeness (QED) is 0.752. The van der Waals surface area contributed by atoms with Crippen LogP contribution in [-0.2, 0) is 4.79 Å². The Morgan fingerprint density at radius 3 is 2.71 bits per heavy atom. The van der Waals surface area contributed by atoms with E-state index in [4.69, 9.17) is 11.6 Å². The minimum absolute atomic E-state index is 0.0653. The molecule has 4 heteroatoms. The van der Waals surface area contributed by atoms with Crippen molar-refractivity contribution in [1.82, 2.24) is 4.90 Å². The maximum absolute atomic E-state index is 11.3. The molecule has 0 aromatic heterocycles. The van der Waals surface area contributed by atoms with Crippen molar-refractivity contribution in [3.05, 3.63) is 41.9 Å². The highest BCUT2D eigenvalue weighted by Crippen LogP contribution is 2.17. The summed E-state index contributed by atoms with van der Waals surface area (Å²) in [6, 6.07) is 7.64. The molecule has 0 aliphatic rings. The molecule has 0 aliphatic heterocycles. The Morgan fingerprint density at radius 2 is 2.12 bits per heavy atom. The normalized spacial score (nSPS) is 9.82. The minimum atomic E-state index is -0.0653. The average Bonchev–Trinajstić information content (AvgIpc) is 2.34. The smallest absolute Gasteiger partial charge is 0.245 e. The number of nitrogens with zero attached hydrogens (tertiary/aromatic N) is 2. The first kappa shape index (κ1) is 13.6. The number of hydrogen-bond acceptors (Lipinski definition) is 2. The van der Waals surface area contributed by atoms with Crippen molar-refractivity contribution in [2.24, 2.45) is 0 Å². The van der Waals surface area contributed by atoms with E-state index in [9.17, 15) is 4.79 Å². The fraction of sp³-hybridized carbons (Fsp3) is 0.308. The van der Waals surface area contributed by atoms with Crippen molar-refractivity contribution >= 4 is 23.2 Å². The van der Waals surface area contributed by atoms with Gasteiger partial charge in [0, 0.05) is 37.9 Å². The molecule has 0 N–H and O–H groups in total. The van der Waals surface area contributed by atoms with E-state index in [1.807, 2.05) is 31.3 Å². The molecule has 0 saturated heterocycles. The lowest BCUT2D eigenvalue weighted by atomic mass is 10.3. The lowest BCUT2D eigenvalue weighted by Gasteiger charge is -2.23. The van der Waals surface area contributed by atoms with Gasteiger partial charge in [-0.2, -0.15) is 0 Å². The Labute approximate surface area is 107 Å². The third-order valence-corrected chi connectivity index (χ3v) is 2.81. The summed E-state index contributed by atoms with van der Waals surface area (Å²) in [4.78, 5) is 15.0. The number of halogens is 1. The Morgan fingerprint density at radius 1 is 1.41 bits per heavy atom. The van der Waals surface area contributed by atoms with Crippen molar-refractivity contribution in [3.8, 4) is 0 Å². The maximum Gasteiger partial charge on any atom is 0.245 e. The van der Waals surface area contributed by atoms with Gasteiger partial charge in [-0.25, -0.2) is 0 Å². The summed E-state index contributed by atoms with van der Waals surface area (Å²) < 4.78 is 0. The van der Waals surface area contributed by atoms with Crippen molar-refractivity contribution in [2.45, 2.75) is 0 Å². The highest BCUT2D eigenvalue weighted by molar-refractivity contribution is 6.30. The van der Waals surface area contributed by atoms with E-state index in [2.05, 4.69) is 11.5 Å². The number of anilines is 1. The number of carbonyl (C=O) groups is 1. The van der Waals surface area contributed by atoms with E-state index < -0.39 is 0 Å². The number of likely N-dealkylation sites (N-methyl/N-ethyl adjacent to an activating group) is 2. The second kappa shape index (κ2) is 6.30. The van der Waals surface area contributed by atoms with Gasteiger partial charge in [0.05, 0.1) is 0 Å². The number of amides is 1. The van der Waals surface area contributed by atoms with Crippen molar-refractivity contribution < 1.29 is 4.79 Å². The number of carbonyl (C=O) groups excluding carboxylic acids is 1. The topological polar surface area (TPSA) is 23.6 Å². The molecule has 0 heterocycles. The monoisotopic (exact) mass is 252 g/mol. The van der Waals surface area contributed by atoms with Gasteiger partial charge in [-0.3, -0.25) is 4.79 Å². The van der Waals surface area contributed by atoms with Gasteiger partial charge in [0.2, 0.25) is 5.91 Å². The van der Waals surface area contributed by atoms with Crippen LogP contribution < -0.4 is 4.90 Å². The van der Waals surface area contributed by atoms with Gasteiger partial charge in [0.25, 0.3) is 0 Å². The summed E-state index contributed by atoms with van der Waals surface area (Å²) in [6.07, 6.45) is 1.32. The maximum atomic E-state index is 11.3. The zero-order valence-corrected chi connectivity index (χ0v) is 10.9. The largest absolute Gasteiger partial charge is 0.373 e. The molecular formula is C13H17ClN2O. The second-order valence-corrected chi connectivity index (χ2v) is 4.30. The molecule has 17 heavy (non-hydrogen) atoms. The predicted octanol–water partition coefficient (Wildman–Crippen LogP) is 2.42. The van der Waals surface area contributed by atoms with Crippen LogP contribution in [-0.4, -0.2) is 38.0 Å². The molecule has 0 radical (unpaired) electrons. The number of benzene rings is 1. The van der Waals surface area contributed by atoms with Crippen LogP contribution in [0.25, 0.3) is 0 Å². The number of hydrogen-bond donors (Lipinski definition) is 0. The van der Waals surface area contributed by atoms with Gasteiger partial charge in [0.15, 0.2) is 0 Å². The standard InChI is InChI=1S/C13H17ClN2O/c1-4-13(17)16(3)9-8-15(2)12-7-5-6-11(14)10-12/h4-7,10H,1,8-9H2,2-3H3. The van der Waals surface area contributed by atoms with Crippen LogP contribution in [0.1, 0.15) is 0 Å². The highest BCUT2D eigenvalue weighted by Gasteiger charge is 2.06. The first-order chi connectivity index (χ1) is 8.04. The molecule has 1 aromatic carbocycles. The first-order valence-corrected chi connectivity index (χ1v) is 5.76. The molecular weight excluding hydrogens is 236 g/mol. The van der Waals surface area contributed by atoms with Gasteiger partial charge < -0.3 is 9.80 Å². The third kappa shape index (κ3) is 4.11. The minimum Gasteiger partial charge on any atom is -0.373 e. The zero-order chi connectivity index (χ0) is 12.8. The van der Waals surface area contributed by atoms with Gasteiger partial charge in [-0.1, -0.05) is 24.2 Å². The fourth-order valence-electron chi connectivity index (χ4n) is 1.41. The molecule has 0 fully saturated rings. The fourth-order valence-corrected chi connectivity index (χ4v) is 1.59. The molecule has 1 amide bonds. The van der Waals surface area contributed by atoms with E-state index in [0.717, 1.165) is 12.2 Å². The van der Waals surface area contributed by atoms with E-state index in [0.29, 0.717) is 11.6 Å². The summed E-state index contributed by atoms with van der Waals surface area (Å²) in [7, 11) is 3.73. The van der Waals surface area contributed by atoms with Gasteiger partial charge in [-0.15, -0.1) is 0 Å². The van der Waals surface area contributed by atoms with Crippen LogP contribution >= 0.6 is 11.6 Å². The Bertz CT molecular complexity index is 406. The van der Waals surface area contributed by atoms with Crippen LogP contribution in [0.3, 0.4) is 0 Å². The summed E-state index contributed by atoms with van der Waals surface area (Å²) in [5.74, 6) is -0.0653. The van der Waals surface area contributed by atoms with Crippen LogP contribution in [0.5, 0.6) is 0 Å². The van der Waals surface area contributed by atoms with Crippen molar-refractivity contribution in [1.29, 1.82) is 0 Å². The van der Waals surface area contributed by atoms with Crippen LogP contribution in [0, 0.1) is 0 Å². The van der Waals surface area contributed by atoms with E-state index in [1.54, 1.807) is 11.9 Å². The van der Waals surface area contributed by atoms with E-state index in [1.165, 1.54) is 6.08 Å². The zero-order valence-electron chi connectivity index (χ0n) is 10.2. The molecule has 0 spiro atoms. The summed E-state index contributed by atoms with van der Waals surface area (Å²) in [5, 5.41) is 0.713. The lowest BCUT2D eigenvalue weighted by Crippen LogP contribution is -2.33. The van der Waals surface area contributed by atoms with Crippen molar-refractivity contribution in [3.63, 3.8) is 0 Å². The molecule has 0 aliphatic carbocycles. The Hall–Kier alpha value is -1.48. The average molecular weight is 253 g/mol. The van der Waals surface area contributed by atoms with Crippen LogP contribution in [0.15, 0.2) is 36.9 Å². The summed E-state index contributed by atoms with van der Waals surface area (Å²) >= 11 is 5.92. The van der Waals surface area contributed by atoms with Crippen LogP contribution in [0.4, 0.5) is 5.69 Å². The first-order valence-electron chi connectivity index (χ1n) is 5.39. The SMILES string of the molecule is C=CC(=O)N(C)CCN(C)c1cccc(Cl)c1. The second-order valence-electron chi connectivity index (χ2n) is 3.87. The summed E-state index contributed by atoms with van der Waals surface area (Å²) in [5.41, 5.74) is 1.04. The van der Waals surface area contributed by atoms with Gasteiger partial charge >= 0.3 is 0 Å².